The second-order valence-corrected chi connectivity index (χ2v) is 6.51. The van der Waals surface area contributed by atoms with Crippen molar-refractivity contribution in [3.05, 3.63) is 35.4 Å². The van der Waals surface area contributed by atoms with E-state index in [2.05, 4.69) is 34.3 Å². The zero-order valence-corrected chi connectivity index (χ0v) is 16.2. The molecule has 1 unspecified atom stereocenters. The minimum absolute atomic E-state index is 0.0103. The first-order chi connectivity index (χ1) is 12.5. The summed E-state index contributed by atoms with van der Waals surface area (Å²) in [4.78, 5) is 20.1. The van der Waals surface area contributed by atoms with Gasteiger partial charge in [0.25, 0.3) is 0 Å². The molecular weight excluding hydrogens is 332 g/mol. The molecule has 1 fully saturated rings. The SMILES string of the molecule is COCCNC(=NCC(=O)N(C)C)N1CCOC(c2ccccc2C)C1. The minimum Gasteiger partial charge on any atom is -0.383 e. The number of guanidine groups is 1. The second-order valence-electron chi connectivity index (χ2n) is 6.51. The number of likely N-dealkylation sites (N-methyl/N-ethyl adjacent to an activating group) is 1. The van der Waals surface area contributed by atoms with Crippen LogP contribution in [0.4, 0.5) is 0 Å². The van der Waals surface area contributed by atoms with Crippen molar-refractivity contribution in [2.24, 2.45) is 4.99 Å². The summed E-state index contributed by atoms with van der Waals surface area (Å²) >= 11 is 0. The highest BCUT2D eigenvalue weighted by atomic mass is 16.5. The van der Waals surface area contributed by atoms with Gasteiger partial charge in [0.1, 0.15) is 12.6 Å². The summed E-state index contributed by atoms with van der Waals surface area (Å²) in [7, 11) is 5.13. The Morgan fingerprint density at radius 1 is 1.42 bits per heavy atom. The molecule has 0 aliphatic carbocycles. The van der Waals surface area contributed by atoms with Crippen LogP contribution in [0.25, 0.3) is 0 Å². The Bertz CT molecular complexity index is 619. The third-order valence-corrected chi connectivity index (χ3v) is 4.35. The van der Waals surface area contributed by atoms with Gasteiger partial charge in [0.05, 0.1) is 19.8 Å². The normalized spacial score (nSPS) is 17.9. The number of ether oxygens (including phenoxy) is 2. The zero-order valence-electron chi connectivity index (χ0n) is 16.2. The number of benzene rings is 1. The number of methoxy groups -OCH3 is 1. The van der Waals surface area contributed by atoms with Crippen molar-refractivity contribution >= 4 is 11.9 Å². The van der Waals surface area contributed by atoms with Crippen LogP contribution in [0.1, 0.15) is 17.2 Å². The molecule has 1 aromatic rings. The van der Waals surface area contributed by atoms with Crippen molar-refractivity contribution in [2.75, 3.05) is 60.6 Å². The van der Waals surface area contributed by atoms with Gasteiger partial charge in [0.15, 0.2) is 5.96 Å². The fourth-order valence-corrected chi connectivity index (χ4v) is 2.79. The molecule has 7 nitrogen and oxygen atoms in total. The van der Waals surface area contributed by atoms with Gasteiger partial charge in [-0.05, 0) is 18.1 Å². The number of rotatable bonds is 6. The van der Waals surface area contributed by atoms with E-state index in [0.29, 0.717) is 26.3 Å². The first-order valence-electron chi connectivity index (χ1n) is 8.92. The molecule has 1 N–H and O–H groups in total. The molecule has 26 heavy (non-hydrogen) atoms. The smallest absolute Gasteiger partial charge is 0.243 e. The molecule has 1 aliphatic heterocycles. The molecule has 1 heterocycles. The fraction of sp³-hybridized carbons (Fsp3) is 0.579. The first-order valence-corrected chi connectivity index (χ1v) is 8.92. The molecule has 0 saturated carbocycles. The topological polar surface area (TPSA) is 66.4 Å². The standard InChI is InChI=1S/C19H30N4O3/c1-15-7-5-6-8-16(15)17-14-23(10-12-26-17)19(20-9-11-25-4)21-13-18(24)22(2)3/h5-8,17H,9-14H2,1-4H3,(H,20,21). The molecule has 144 valence electrons. The Morgan fingerprint density at radius 2 is 2.19 bits per heavy atom. The molecule has 0 radical (unpaired) electrons. The van der Waals surface area contributed by atoms with E-state index in [1.165, 1.54) is 11.1 Å². The van der Waals surface area contributed by atoms with Crippen LogP contribution in [0.15, 0.2) is 29.3 Å². The van der Waals surface area contributed by atoms with E-state index in [1.807, 2.05) is 12.1 Å². The molecule has 2 rings (SSSR count). The summed E-state index contributed by atoms with van der Waals surface area (Å²) in [6, 6.07) is 8.27. The monoisotopic (exact) mass is 362 g/mol. The van der Waals surface area contributed by atoms with Crippen LogP contribution in [0.3, 0.4) is 0 Å². The van der Waals surface area contributed by atoms with Crippen molar-refractivity contribution in [3.8, 4) is 0 Å². The number of aliphatic imine (C=N–C) groups is 1. The highest BCUT2D eigenvalue weighted by Crippen LogP contribution is 2.24. The summed E-state index contributed by atoms with van der Waals surface area (Å²) in [5.41, 5.74) is 2.41. The quantitative estimate of drug-likeness (QED) is 0.465. The van der Waals surface area contributed by atoms with Crippen molar-refractivity contribution in [2.45, 2.75) is 13.0 Å². The van der Waals surface area contributed by atoms with Gasteiger partial charge >= 0.3 is 0 Å². The molecule has 1 amide bonds. The van der Waals surface area contributed by atoms with E-state index >= 15 is 0 Å². The summed E-state index contributed by atoms with van der Waals surface area (Å²) in [5.74, 6) is 0.693. The lowest BCUT2D eigenvalue weighted by molar-refractivity contribution is -0.127. The Morgan fingerprint density at radius 3 is 2.88 bits per heavy atom. The largest absolute Gasteiger partial charge is 0.383 e. The Labute approximate surface area is 156 Å². The number of amides is 1. The molecule has 1 atom stereocenters. The van der Waals surface area contributed by atoms with Crippen molar-refractivity contribution < 1.29 is 14.3 Å². The van der Waals surface area contributed by atoms with Crippen LogP contribution in [0, 0.1) is 6.92 Å². The molecule has 1 aliphatic rings. The summed E-state index contributed by atoms with van der Waals surface area (Å²) in [5, 5.41) is 3.30. The van der Waals surface area contributed by atoms with E-state index in [1.54, 1.807) is 26.1 Å². The number of carbonyl (C=O) groups is 1. The maximum Gasteiger partial charge on any atom is 0.243 e. The molecule has 1 aromatic carbocycles. The molecule has 0 aromatic heterocycles. The Hall–Kier alpha value is -2.12. The molecule has 1 saturated heterocycles. The Balaban J connectivity index is 2.11. The maximum absolute atomic E-state index is 11.9. The number of nitrogens with one attached hydrogen (secondary N) is 1. The zero-order chi connectivity index (χ0) is 18.9. The third kappa shape index (κ3) is 5.71. The van der Waals surface area contributed by atoms with Gasteiger partial charge in [-0.15, -0.1) is 0 Å². The average molecular weight is 362 g/mol. The van der Waals surface area contributed by atoms with Crippen LogP contribution in [-0.4, -0.2) is 82.3 Å². The predicted octanol–water partition coefficient (Wildman–Crippen LogP) is 1.05. The van der Waals surface area contributed by atoms with Crippen LogP contribution in [-0.2, 0) is 14.3 Å². The number of hydrogen-bond acceptors (Lipinski definition) is 4. The van der Waals surface area contributed by atoms with E-state index in [0.717, 1.165) is 12.5 Å². The van der Waals surface area contributed by atoms with Crippen LogP contribution in [0.5, 0.6) is 0 Å². The van der Waals surface area contributed by atoms with E-state index in [-0.39, 0.29) is 18.6 Å². The van der Waals surface area contributed by atoms with Crippen LogP contribution < -0.4 is 5.32 Å². The number of hydrogen-bond donors (Lipinski definition) is 1. The summed E-state index contributed by atoms with van der Waals surface area (Å²) in [6.45, 7) is 5.47. The summed E-state index contributed by atoms with van der Waals surface area (Å²) < 4.78 is 11.1. The lowest BCUT2D eigenvalue weighted by Gasteiger charge is -2.36. The predicted molar refractivity (Wildman–Crippen MR) is 102 cm³/mol. The number of aryl methyl sites for hydroxylation is 1. The number of nitrogens with zero attached hydrogens (tertiary/aromatic N) is 3. The fourth-order valence-electron chi connectivity index (χ4n) is 2.79. The molecule has 0 bridgehead atoms. The highest BCUT2D eigenvalue weighted by molar-refractivity contribution is 5.85. The third-order valence-electron chi connectivity index (χ3n) is 4.35. The van der Waals surface area contributed by atoms with Gasteiger partial charge in [0, 0.05) is 34.3 Å². The minimum atomic E-state index is -0.0280. The van der Waals surface area contributed by atoms with Crippen molar-refractivity contribution in [1.29, 1.82) is 0 Å². The van der Waals surface area contributed by atoms with Gasteiger partial charge in [-0.1, -0.05) is 24.3 Å². The van der Waals surface area contributed by atoms with Gasteiger partial charge in [-0.2, -0.15) is 0 Å². The van der Waals surface area contributed by atoms with Gasteiger partial charge in [0.2, 0.25) is 5.91 Å². The van der Waals surface area contributed by atoms with E-state index in [4.69, 9.17) is 9.47 Å². The van der Waals surface area contributed by atoms with Gasteiger partial charge < -0.3 is 24.6 Å². The lowest BCUT2D eigenvalue weighted by atomic mass is 10.0. The second kappa shape index (κ2) is 10.1. The maximum atomic E-state index is 11.9. The number of morpholine rings is 1. The van der Waals surface area contributed by atoms with Crippen molar-refractivity contribution in [3.63, 3.8) is 0 Å². The summed E-state index contributed by atoms with van der Waals surface area (Å²) in [6.07, 6.45) is -0.0103. The van der Waals surface area contributed by atoms with Gasteiger partial charge in [-0.25, -0.2) is 4.99 Å². The van der Waals surface area contributed by atoms with Crippen molar-refractivity contribution in [1.82, 2.24) is 15.1 Å². The molecular formula is C19H30N4O3. The molecule has 0 spiro atoms. The Kier molecular flexibility index (Phi) is 7.87. The van der Waals surface area contributed by atoms with E-state index in [9.17, 15) is 4.79 Å². The number of carbonyl (C=O) groups excluding carboxylic acids is 1. The highest BCUT2D eigenvalue weighted by Gasteiger charge is 2.25. The molecule has 7 heteroatoms. The van der Waals surface area contributed by atoms with Crippen LogP contribution in [0.2, 0.25) is 0 Å². The first kappa shape index (κ1) is 20.2. The van der Waals surface area contributed by atoms with Gasteiger partial charge in [-0.3, -0.25) is 4.79 Å². The van der Waals surface area contributed by atoms with E-state index < -0.39 is 0 Å². The van der Waals surface area contributed by atoms with Crippen LogP contribution >= 0.6 is 0 Å². The average Bonchev–Trinajstić information content (AvgIpc) is 2.64. The lowest BCUT2D eigenvalue weighted by Crippen LogP contribution is -2.49.